The molecule has 1 aromatic rings. The predicted octanol–water partition coefficient (Wildman–Crippen LogP) is 0.549. The Bertz CT molecular complexity index is 636. The van der Waals surface area contributed by atoms with Crippen molar-refractivity contribution < 1.29 is 14.4 Å². The number of nitrogens with zero attached hydrogens (tertiary/aromatic N) is 2. The number of carbonyl (C=O) groups is 3. The van der Waals surface area contributed by atoms with E-state index >= 15 is 0 Å². The molecular weight excluding hydrogens is 296 g/mol. The zero-order valence-corrected chi connectivity index (χ0v) is 11.8. The third-order valence-electron chi connectivity index (χ3n) is 3.77. The number of halogens is 1. The van der Waals surface area contributed by atoms with Crippen molar-refractivity contribution in [3.05, 3.63) is 29.0 Å². The van der Waals surface area contributed by atoms with Crippen molar-refractivity contribution in [2.45, 2.75) is 18.4 Å². The molecule has 3 rings (SSSR count). The lowest BCUT2D eigenvalue weighted by atomic mass is 9.89. The second-order valence-electron chi connectivity index (χ2n) is 5.19. The lowest BCUT2D eigenvalue weighted by Crippen LogP contribution is -2.59. The molecule has 110 valence electrons. The summed E-state index contributed by atoms with van der Waals surface area (Å²) in [6.07, 6.45) is 2.61. The van der Waals surface area contributed by atoms with Crippen LogP contribution in [0.2, 0.25) is 5.15 Å². The van der Waals surface area contributed by atoms with E-state index in [0.29, 0.717) is 24.9 Å². The fourth-order valence-electron chi connectivity index (χ4n) is 2.76. The topological polar surface area (TPSA) is 91.4 Å². The maximum absolute atomic E-state index is 12.5. The van der Waals surface area contributed by atoms with E-state index < -0.39 is 11.6 Å². The van der Waals surface area contributed by atoms with Gasteiger partial charge in [0, 0.05) is 18.3 Å². The normalized spacial score (nSPS) is 24.9. The molecule has 1 atom stereocenters. The number of urea groups is 1. The Morgan fingerprint density at radius 3 is 2.90 bits per heavy atom. The van der Waals surface area contributed by atoms with E-state index in [-0.39, 0.29) is 23.5 Å². The quantitative estimate of drug-likeness (QED) is 0.585. The molecule has 1 spiro atoms. The summed E-state index contributed by atoms with van der Waals surface area (Å²) < 4.78 is 0. The van der Waals surface area contributed by atoms with Gasteiger partial charge in [0.25, 0.3) is 11.8 Å². The van der Waals surface area contributed by atoms with Crippen LogP contribution in [0.1, 0.15) is 23.2 Å². The number of hydrogen-bond donors (Lipinski definition) is 2. The highest BCUT2D eigenvalue weighted by Crippen LogP contribution is 2.25. The van der Waals surface area contributed by atoms with E-state index in [1.807, 2.05) is 0 Å². The summed E-state index contributed by atoms with van der Waals surface area (Å²) in [7, 11) is 0. The van der Waals surface area contributed by atoms with Gasteiger partial charge in [-0.3, -0.25) is 14.9 Å². The van der Waals surface area contributed by atoms with Gasteiger partial charge in [0.2, 0.25) is 0 Å². The van der Waals surface area contributed by atoms with Crippen molar-refractivity contribution in [1.29, 1.82) is 0 Å². The molecule has 2 saturated heterocycles. The van der Waals surface area contributed by atoms with Crippen LogP contribution < -0.4 is 10.6 Å². The van der Waals surface area contributed by atoms with Crippen molar-refractivity contribution in [3.63, 3.8) is 0 Å². The molecule has 0 radical (unpaired) electrons. The standard InChI is InChI=1S/C13H13ClN4O3/c14-9-6-8(2-4-15-9)10(19)18-5-1-3-13(7-18)11(20)16-12(21)17-13/h2,4,6H,1,3,5,7H2,(H2,16,17,20,21). The Kier molecular flexibility index (Phi) is 3.29. The number of carbonyl (C=O) groups excluding carboxylic acids is 3. The highest BCUT2D eigenvalue weighted by atomic mass is 35.5. The molecule has 3 heterocycles. The summed E-state index contributed by atoms with van der Waals surface area (Å²) >= 11 is 5.79. The van der Waals surface area contributed by atoms with E-state index in [9.17, 15) is 14.4 Å². The summed E-state index contributed by atoms with van der Waals surface area (Å²) in [4.78, 5) is 41.2. The summed E-state index contributed by atoms with van der Waals surface area (Å²) in [6, 6.07) is 2.54. The molecule has 2 aliphatic rings. The summed E-state index contributed by atoms with van der Waals surface area (Å²) in [6.45, 7) is 0.688. The van der Waals surface area contributed by atoms with Crippen LogP contribution in [0.4, 0.5) is 4.79 Å². The number of likely N-dealkylation sites (tertiary alicyclic amines) is 1. The van der Waals surface area contributed by atoms with Gasteiger partial charge in [-0.1, -0.05) is 11.6 Å². The number of nitrogens with one attached hydrogen (secondary N) is 2. The van der Waals surface area contributed by atoms with Crippen molar-refractivity contribution >= 4 is 29.4 Å². The lowest BCUT2D eigenvalue weighted by molar-refractivity contribution is -0.125. The van der Waals surface area contributed by atoms with E-state index in [4.69, 9.17) is 11.6 Å². The van der Waals surface area contributed by atoms with Crippen LogP contribution in [0.25, 0.3) is 0 Å². The third kappa shape index (κ3) is 2.44. The molecule has 8 heteroatoms. The maximum Gasteiger partial charge on any atom is 0.322 e. The van der Waals surface area contributed by atoms with E-state index in [2.05, 4.69) is 15.6 Å². The number of piperidine rings is 1. The van der Waals surface area contributed by atoms with Crippen molar-refractivity contribution in [2.24, 2.45) is 0 Å². The minimum absolute atomic E-state index is 0.156. The Labute approximate surface area is 125 Å². The zero-order valence-electron chi connectivity index (χ0n) is 11.1. The highest BCUT2D eigenvalue weighted by molar-refractivity contribution is 6.29. The first-order valence-corrected chi connectivity index (χ1v) is 6.92. The first-order valence-electron chi connectivity index (χ1n) is 6.55. The fraction of sp³-hybridized carbons (Fsp3) is 0.385. The average Bonchev–Trinajstić information content (AvgIpc) is 2.72. The smallest absolute Gasteiger partial charge is 0.322 e. The Balaban J connectivity index is 1.82. The van der Waals surface area contributed by atoms with Gasteiger partial charge >= 0.3 is 6.03 Å². The predicted molar refractivity (Wildman–Crippen MR) is 73.8 cm³/mol. The Morgan fingerprint density at radius 1 is 1.43 bits per heavy atom. The van der Waals surface area contributed by atoms with Gasteiger partial charge in [-0.15, -0.1) is 0 Å². The maximum atomic E-state index is 12.5. The molecule has 0 aliphatic carbocycles. The number of aromatic nitrogens is 1. The van der Waals surface area contributed by atoms with Crippen LogP contribution in [0.3, 0.4) is 0 Å². The van der Waals surface area contributed by atoms with Gasteiger partial charge in [-0.25, -0.2) is 9.78 Å². The van der Waals surface area contributed by atoms with E-state index in [1.165, 1.54) is 12.3 Å². The van der Waals surface area contributed by atoms with E-state index in [1.54, 1.807) is 11.0 Å². The fourth-order valence-corrected chi connectivity index (χ4v) is 2.94. The Morgan fingerprint density at radius 2 is 2.24 bits per heavy atom. The number of amides is 4. The monoisotopic (exact) mass is 308 g/mol. The van der Waals surface area contributed by atoms with Crippen LogP contribution in [0.5, 0.6) is 0 Å². The molecule has 2 aliphatic heterocycles. The van der Waals surface area contributed by atoms with Gasteiger partial charge in [-0.2, -0.15) is 0 Å². The molecule has 0 saturated carbocycles. The number of hydrogen-bond acceptors (Lipinski definition) is 4. The molecule has 7 nitrogen and oxygen atoms in total. The lowest BCUT2D eigenvalue weighted by Gasteiger charge is -2.38. The summed E-state index contributed by atoms with van der Waals surface area (Å²) in [5.74, 6) is -0.606. The highest BCUT2D eigenvalue weighted by Gasteiger charge is 2.49. The van der Waals surface area contributed by atoms with Crippen LogP contribution in [-0.2, 0) is 4.79 Å². The number of rotatable bonds is 1. The van der Waals surface area contributed by atoms with Crippen molar-refractivity contribution in [2.75, 3.05) is 13.1 Å². The van der Waals surface area contributed by atoms with Crippen LogP contribution in [-0.4, -0.2) is 46.4 Å². The van der Waals surface area contributed by atoms with Gasteiger partial charge in [0.1, 0.15) is 10.7 Å². The van der Waals surface area contributed by atoms with Crippen LogP contribution in [0, 0.1) is 0 Å². The summed E-state index contributed by atoms with van der Waals surface area (Å²) in [5.41, 5.74) is -0.598. The molecular formula is C13H13ClN4O3. The van der Waals surface area contributed by atoms with Crippen molar-refractivity contribution in [3.8, 4) is 0 Å². The first-order chi connectivity index (χ1) is 10.00. The van der Waals surface area contributed by atoms with Gasteiger partial charge in [0.15, 0.2) is 0 Å². The molecule has 21 heavy (non-hydrogen) atoms. The molecule has 1 unspecified atom stereocenters. The second kappa shape index (κ2) is 5.00. The number of pyridine rings is 1. The molecule has 4 amide bonds. The SMILES string of the molecule is O=C1NC(=O)C2(CCCN(C(=O)c3ccnc(Cl)c3)C2)N1. The Hall–Kier alpha value is -2.15. The largest absolute Gasteiger partial charge is 0.336 e. The van der Waals surface area contributed by atoms with Gasteiger partial charge in [-0.05, 0) is 25.0 Å². The molecule has 0 bridgehead atoms. The second-order valence-corrected chi connectivity index (χ2v) is 5.58. The molecule has 2 N–H and O–H groups in total. The minimum Gasteiger partial charge on any atom is -0.336 e. The molecule has 1 aromatic heterocycles. The first kappa shape index (κ1) is 13.8. The van der Waals surface area contributed by atoms with Gasteiger partial charge < -0.3 is 10.2 Å². The third-order valence-corrected chi connectivity index (χ3v) is 3.97. The van der Waals surface area contributed by atoms with Crippen LogP contribution in [0.15, 0.2) is 18.3 Å². The van der Waals surface area contributed by atoms with Gasteiger partial charge in [0.05, 0.1) is 6.54 Å². The van der Waals surface area contributed by atoms with Crippen LogP contribution >= 0.6 is 11.6 Å². The molecule has 0 aromatic carbocycles. The van der Waals surface area contributed by atoms with Crippen molar-refractivity contribution in [1.82, 2.24) is 20.5 Å². The number of imide groups is 1. The molecule has 2 fully saturated rings. The average molecular weight is 309 g/mol. The minimum atomic E-state index is -1.01. The summed E-state index contributed by atoms with van der Waals surface area (Å²) in [5, 5.41) is 5.10. The zero-order chi connectivity index (χ0) is 15.0. The van der Waals surface area contributed by atoms with E-state index in [0.717, 1.165) is 0 Å².